The smallest absolute Gasteiger partial charge is 0.162 e. The van der Waals surface area contributed by atoms with Crippen LogP contribution in [0.2, 0.25) is 5.02 Å². The summed E-state index contributed by atoms with van der Waals surface area (Å²) in [6, 6.07) is 3.87. The Kier molecular flexibility index (Phi) is 3.56. The van der Waals surface area contributed by atoms with E-state index >= 15 is 0 Å². The van der Waals surface area contributed by atoms with E-state index in [2.05, 4.69) is 5.32 Å². The van der Waals surface area contributed by atoms with Crippen molar-refractivity contribution in [2.45, 2.75) is 25.3 Å². The van der Waals surface area contributed by atoms with Crippen molar-refractivity contribution in [3.8, 4) is 11.5 Å². The summed E-state index contributed by atoms with van der Waals surface area (Å²) in [5.41, 5.74) is 0.851. The van der Waals surface area contributed by atoms with Gasteiger partial charge in [0.05, 0.1) is 7.11 Å². The van der Waals surface area contributed by atoms with E-state index in [0.717, 1.165) is 24.9 Å². The highest BCUT2D eigenvalue weighted by Crippen LogP contribution is 2.34. The molecule has 0 saturated carbocycles. The van der Waals surface area contributed by atoms with E-state index in [0.29, 0.717) is 16.8 Å². The van der Waals surface area contributed by atoms with Crippen molar-refractivity contribution in [2.75, 3.05) is 13.7 Å². The Morgan fingerprint density at radius 1 is 1.56 bits per heavy atom. The van der Waals surface area contributed by atoms with Gasteiger partial charge in [-0.3, -0.25) is 0 Å². The van der Waals surface area contributed by atoms with E-state index in [-0.39, 0.29) is 5.75 Å². The lowest BCUT2D eigenvalue weighted by atomic mass is 10.0. The molecule has 0 radical (unpaired) electrons. The lowest BCUT2D eigenvalue weighted by Gasteiger charge is -2.13. The second-order valence-electron chi connectivity index (χ2n) is 4.11. The molecule has 2 rings (SSSR count). The predicted molar refractivity (Wildman–Crippen MR) is 64.4 cm³/mol. The summed E-state index contributed by atoms with van der Waals surface area (Å²) in [4.78, 5) is 0. The molecule has 0 amide bonds. The maximum Gasteiger partial charge on any atom is 0.162 e. The van der Waals surface area contributed by atoms with Crippen LogP contribution in [-0.4, -0.2) is 24.8 Å². The first-order valence-electron chi connectivity index (χ1n) is 5.49. The molecule has 1 atom stereocenters. The van der Waals surface area contributed by atoms with E-state index < -0.39 is 0 Å². The van der Waals surface area contributed by atoms with Gasteiger partial charge >= 0.3 is 0 Å². The zero-order valence-electron chi connectivity index (χ0n) is 9.29. The van der Waals surface area contributed by atoms with Crippen LogP contribution in [-0.2, 0) is 6.42 Å². The largest absolute Gasteiger partial charge is 0.504 e. The van der Waals surface area contributed by atoms with E-state index in [1.54, 1.807) is 12.1 Å². The van der Waals surface area contributed by atoms with Gasteiger partial charge in [0.15, 0.2) is 11.5 Å². The molecule has 1 aliphatic rings. The summed E-state index contributed by atoms with van der Waals surface area (Å²) >= 11 is 5.97. The van der Waals surface area contributed by atoms with Gasteiger partial charge in [0.2, 0.25) is 0 Å². The molecule has 1 saturated heterocycles. The molecule has 1 fully saturated rings. The molecule has 0 spiro atoms. The first kappa shape index (κ1) is 11.6. The van der Waals surface area contributed by atoms with E-state index in [1.807, 2.05) is 0 Å². The number of rotatable bonds is 3. The molecule has 0 aromatic heterocycles. The fraction of sp³-hybridized carbons (Fsp3) is 0.500. The molecule has 0 bridgehead atoms. The molecular formula is C12H16ClNO2. The molecule has 1 heterocycles. The summed E-state index contributed by atoms with van der Waals surface area (Å²) in [5.74, 6) is 0.654. The summed E-state index contributed by atoms with van der Waals surface area (Å²) in [6.07, 6.45) is 3.14. The topological polar surface area (TPSA) is 41.5 Å². The third-order valence-electron chi connectivity index (χ3n) is 2.97. The van der Waals surface area contributed by atoms with Crippen molar-refractivity contribution in [3.05, 3.63) is 22.7 Å². The third kappa shape index (κ3) is 2.42. The Bertz CT molecular complexity index is 376. The number of methoxy groups -OCH3 is 1. The Morgan fingerprint density at radius 3 is 3.00 bits per heavy atom. The van der Waals surface area contributed by atoms with Crippen LogP contribution >= 0.6 is 11.6 Å². The highest BCUT2D eigenvalue weighted by atomic mass is 35.5. The minimum atomic E-state index is 0.209. The fourth-order valence-corrected chi connectivity index (χ4v) is 2.37. The van der Waals surface area contributed by atoms with Gasteiger partial charge in [-0.25, -0.2) is 0 Å². The molecule has 0 aliphatic carbocycles. The van der Waals surface area contributed by atoms with Crippen LogP contribution in [0.4, 0.5) is 0 Å². The average Bonchev–Trinajstić information content (AvgIpc) is 2.75. The number of nitrogens with one attached hydrogen (secondary N) is 1. The number of hydrogen-bond acceptors (Lipinski definition) is 3. The lowest BCUT2D eigenvalue weighted by molar-refractivity contribution is 0.369. The van der Waals surface area contributed by atoms with Crippen LogP contribution in [0.25, 0.3) is 0 Å². The maximum absolute atomic E-state index is 9.96. The summed E-state index contributed by atoms with van der Waals surface area (Å²) in [5, 5.41) is 14.0. The van der Waals surface area contributed by atoms with Gasteiger partial charge in [0.25, 0.3) is 0 Å². The number of phenols is 1. The first-order chi connectivity index (χ1) is 7.70. The van der Waals surface area contributed by atoms with Crippen LogP contribution in [0.5, 0.6) is 11.5 Å². The van der Waals surface area contributed by atoms with Gasteiger partial charge in [0.1, 0.15) is 0 Å². The van der Waals surface area contributed by atoms with Crippen molar-refractivity contribution < 1.29 is 9.84 Å². The first-order valence-corrected chi connectivity index (χ1v) is 5.87. The number of ether oxygens (including phenoxy) is 1. The fourth-order valence-electron chi connectivity index (χ4n) is 2.14. The van der Waals surface area contributed by atoms with Gasteiger partial charge in [-0.15, -0.1) is 0 Å². The van der Waals surface area contributed by atoms with Crippen LogP contribution in [0.3, 0.4) is 0 Å². The van der Waals surface area contributed by atoms with Gasteiger partial charge in [-0.1, -0.05) is 11.6 Å². The number of aromatic hydroxyl groups is 1. The second kappa shape index (κ2) is 4.93. The van der Waals surface area contributed by atoms with Crippen molar-refractivity contribution in [2.24, 2.45) is 0 Å². The highest BCUT2D eigenvalue weighted by molar-refractivity contribution is 6.30. The number of hydrogen-bond donors (Lipinski definition) is 2. The van der Waals surface area contributed by atoms with Crippen molar-refractivity contribution >= 4 is 11.6 Å². The van der Waals surface area contributed by atoms with Crippen LogP contribution in [0.1, 0.15) is 18.4 Å². The average molecular weight is 242 g/mol. The van der Waals surface area contributed by atoms with Crippen molar-refractivity contribution in [3.63, 3.8) is 0 Å². The zero-order valence-corrected chi connectivity index (χ0v) is 10.0. The molecule has 2 N–H and O–H groups in total. The standard InChI is InChI=1S/C12H16ClNO2/c1-16-11-7-9(13)5-8(12(11)15)6-10-3-2-4-14-10/h5,7,10,14-15H,2-4,6H2,1H3. The minimum Gasteiger partial charge on any atom is -0.504 e. The minimum absolute atomic E-state index is 0.209. The molecule has 16 heavy (non-hydrogen) atoms. The van der Waals surface area contributed by atoms with Crippen molar-refractivity contribution in [1.82, 2.24) is 5.32 Å². The Hall–Kier alpha value is -0.930. The summed E-state index contributed by atoms with van der Waals surface area (Å²) in [6.45, 7) is 1.06. The Morgan fingerprint density at radius 2 is 2.38 bits per heavy atom. The van der Waals surface area contributed by atoms with E-state index in [4.69, 9.17) is 16.3 Å². The number of phenolic OH excluding ortho intramolecular Hbond substituents is 1. The quantitative estimate of drug-likeness (QED) is 0.854. The molecule has 1 aliphatic heterocycles. The summed E-state index contributed by atoms with van der Waals surface area (Å²) in [7, 11) is 1.53. The monoisotopic (exact) mass is 241 g/mol. The number of halogens is 1. The van der Waals surface area contributed by atoms with Gasteiger partial charge in [-0.2, -0.15) is 0 Å². The van der Waals surface area contributed by atoms with Crippen LogP contribution in [0, 0.1) is 0 Å². The molecule has 88 valence electrons. The molecule has 3 nitrogen and oxygen atoms in total. The molecular weight excluding hydrogens is 226 g/mol. The van der Waals surface area contributed by atoms with Gasteiger partial charge in [0, 0.05) is 22.7 Å². The Labute approximate surface area is 100 Å². The normalized spacial score (nSPS) is 20.0. The van der Waals surface area contributed by atoms with Crippen LogP contribution < -0.4 is 10.1 Å². The second-order valence-corrected chi connectivity index (χ2v) is 4.55. The van der Waals surface area contributed by atoms with E-state index in [1.165, 1.54) is 13.5 Å². The van der Waals surface area contributed by atoms with Gasteiger partial charge < -0.3 is 15.2 Å². The SMILES string of the molecule is COc1cc(Cl)cc(CC2CCCN2)c1O. The molecule has 1 unspecified atom stereocenters. The maximum atomic E-state index is 9.96. The van der Waals surface area contributed by atoms with E-state index in [9.17, 15) is 5.11 Å². The summed E-state index contributed by atoms with van der Waals surface area (Å²) < 4.78 is 5.08. The number of benzene rings is 1. The van der Waals surface area contributed by atoms with Crippen molar-refractivity contribution in [1.29, 1.82) is 0 Å². The molecule has 1 aromatic rings. The lowest BCUT2D eigenvalue weighted by Crippen LogP contribution is -2.23. The third-order valence-corrected chi connectivity index (χ3v) is 3.19. The predicted octanol–water partition coefficient (Wildman–Crippen LogP) is 2.35. The Balaban J connectivity index is 2.21. The molecule has 1 aromatic carbocycles. The zero-order chi connectivity index (χ0) is 11.5. The van der Waals surface area contributed by atoms with Crippen LogP contribution in [0.15, 0.2) is 12.1 Å². The molecule has 4 heteroatoms. The highest BCUT2D eigenvalue weighted by Gasteiger charge is 2.18. The van der Waals surface area contributed by atoms with Gasteiger partial charge in [-0.05, 0) is 31.9 Å².